The number of halogens is 2. The van der Waals surface area contributed by atoms with Crippen molar-refractivity contribution in [3.05, 3.63) is 21.6 Å². The third-order valence-electron chi connectivity index (χ3n) is 3.77. The summed E-state index contributed by atoms with van der Waals surface area (Å²) >= 11 is 9.40. The van der Waals surface area contributed by atoms with Crippen molar-refractivity contribution in [2.24, 2.45) is 17.6 Å². The predicted octanol–water partition coefficient (Wildman–Crippen LogP) is 3.42. The van der Waals surface area contributed by atoms with Gasteiger partial charge in [-0.3, -0.25) is 4.79 Å². The summed E-state index contributed by atoms with van der Waals surface area (Å²) in [5, 5.41) is 3.45. The predicted molar refractivity (Wildman–Crippen MR) is 84.2 cm³/mol. The van der Waals surface area contributed by atoms with Crippen LogP contribution in [0.3, 0.4) is 0 Å². The number of benzene rings is 1. The molecule has 3 N–H and O–H groups in total. The van der Waals surface area contributed by atoms with Gasteiger partial charge in [0, 0.05) is 10.9 Å². The first-order valence-electron chi connectivity index (χ1n) is 6.60. The van der Waals surface area contributed by atoms with E-state index in [0.29, 0.717) is 27.5 Å². The number of hydrogen-bond acceptors (Lipinski definition) is 3. The Kier molecular flexibility index (Phi) is 5.29. The Bertz CT molecular complexity index is 510. The molecular weight excluding hydrogens is 344 g/mol. The lowest BCUT2D eigenvalue weighted by Crippen LogP contribution is -2.29. The smallest absolute Gasteiger partial charge is 0.227 e. The van der Waals surface area contributed by atoms with Crippen molar-refractivity contribution in [2.75, 3.05) is 19.0 Å². The van der Waals surface area contributed by atoms with Crippen molar-refractivity contribution in [2.45, 2.75) is 19.3 Å². The molecule has 20 heavy (non-hydrogen) atoms. The highest BCUT2D eigenvalue weighted by Gasteiger charge is 2.32. The standard InChI is InChI=1S/C14H18BrClN2O2/c1-20-13-11(15)5-9(16)6-12(13)18-14(19)10-4-2-3-8(10)7-17/h5-6,8,10H,2-4,7,17H2,1H3,(H,18,19). The number of hydrogen-bond donors (Lipinski definition) is 2. The molecule has 1 fully saturated rings. The van der Waals surface area contributed by atoms with E-state index >= 15 is 0 Å². The van der Waals surface area contributed by atoms with Gasteiger partial charge in [0.1, 0.15) is 0 Å². The molecule has 0 aromatic heterocycles. The van der Waals surface area contributed by atoms with Crippen LogP contribution in [0.4, 0.5) is 5.69 Å². The van der Waals surface area contributed by atoms with Gasteiger partial charge in [0.15, 0.2) is 5.75 Å². The molecule has 1 aromatic carbocycles. The lowest BCUT2D eigenvalue weighted by atomic mass is 9.95. The van der Waals surface area contributed by atoms with Crippen molar-refractivity contribution >= 4 is 39.1 Å². The first-order valence-corrected chi connectivity index (χ1v) is 7.78. The first-order chi connectivity index (χ1) is 9.56. The third kappa shape index (κ3) is 3.27. The summed E-state index contributed by atoms with van der Waals surface area (Å²) in [5.41, 5.74) is 6.31. The number of nitrogens with two attached hydrogens (primary N) is 1. The van der Waals surface area contributed by atoms with E-state index < -0.39 is 0 Å². The number of methoxy groups -OCH3 is 1. The zero-order valence-electron chi connectivity index (χ0n) is 11.3. The van der Waals surface area contributed by atoms with Crippen molar-refractivity contribution < 1.29 is 9.53 Å². The molecule has 2 atom stereocenters. The maximum Gasteiger partial charge on any atom is 0.227 e. The van der Waals surface area contributed by atoms with Gasteiger partial charge in [-0.2, -0.15) is 0 Å². The number of amides is 1. The maximum atomic E-state index is 12.4. The van der Waals surface area contributed by atoms with Crippen LogP contribution in [0.1, 0.15) is 19.3 Å². The van der Waals surface area contributed by atoms with Crippen LogP contribution in [0.2, 0.25) is 5.02 Å². The molecule has 0 heterocycles. The second-order valence-corrected chi connectivity index (χ2v) is 6.28. The van der Waals surface area contributed by atoms with Gasteiger partial charge >= 0.3 is 0 Å². The van der Waals surface area contributed by atoms with E-state index in [2.05, 4.69) is 21.2 Å². The monoisotopic (exact) mass is 360 g/mol. The van der Waals surface area contributed by atoms with Crippen molar-refractivity contribution in [1.82, 2.24) is 0 Å². The number of rotatable bonds is 4. The molecule has 0 bridgehead atoms. The molecule has 1 saturated carbocycles. The minimum atomic E-state index is -0.0255. The third-order valence-corrected chi connectivity index (χ3v) is 4.58. The molecule has 0 saturated heterocycles. The molecule has 4 nitrogen and oxygen atoms in total. The van der Waals surface area contributed by atoms with Crippen LogP contribution in [0.5, 0.6) is 5.75 Å². The van der Waals surface area contributed by atoms with E-state index in [1.165, 1.54) is 0 Å². The minimum Gasteiger partial charge on any atom is -0.493 e. The van der Waals surface area contributed by atoms with Gasteiger partial charge in [0.25, 0.3) is 0 Å². The lowest BCUT2D eigenvalue weighted by molar-refractivity contribution is -0.120. The molecule has 2 rings (SSSR count). The van der Waals surface area contributed by atoms with Crippen molar-refractivity contribution in [1.29, 1.82) is 0 Å². The molecule has 1 aliphatic carbocycles. The fraction of sp³-hybridized carbons (Fsp3) is 0.500. The summed E-state index contributed by atoms with van der Waals surface area (Å²) in [6, 6.07) is 3.42. The molecule has 1 aliphatic rings. The normalized spacial score (nSPS) is 21.8. The van der Waals surface area contributed by atoms with E-state index in [-0.39, 0.29) is 17.7 Å². The highest BCUT2D eigenvalue weighted by molar-refractivity contribution is 9.10. The molecule has 1 aromatic rings. The highest BCUT2D eigenvalue weighted by atomic mass is 79.9. The second-order valence-electron chi connectivity index (χ2n) is 4.99. The average Bonchev–Trinajstić information content (AvgIpc) is 2.86. The Labute approximate surface area is 132 Å². The molecule has 0 aliphatic heterocycles. The molecule has 0 spiro atoms. The summed E-state index contributed by atoms with van der Waals surface area (Å²) in [6.07, 6.45) is 2.96. The van der Waals surface area contributed by atoms with Crippen LogP contribution in [-0.2, 0) is 4.79 Å². The van der Waals surface area contributed by atoms with E-state index in [1.807, 2.05) is 0 Å². The zero-order chi connectivity index (χ0) is 14.7. The van der Waals surface area contributed by atoms with Gasteiger partial charge in [0.2, 0.25) is 5.91 Å². The maximum absolute atomic E-state index is 12.4. The van der Waals surface area contributed by atoms with Crippen LogP contribution in [-0.4, -0.2) is 19.6 Å². The summed E-state index contributed by atoms with van der Waals surface area (Å²) < 4.78 is 6.02. The Morgan fingerprint density at radius 1 is 1.55 bits per heavy atom. The van der Waals surface area contributed by atoms with Gasteiger partial charge in [-0.25, -0.2) is 0 Å². The van der Waals surface area contributed by atoms with Crippen LogP contribution in [0.15, 0.2) is 16.6 Å². The fourth-order valence-electron chi connectivity index (χ4n) is 2.75. The van der Waals surface area contributed by atoms with Crippen LogP contribution in [0.25, 0.3) is 0 Å². The molecule has 1 amide bonds. The summed E-state index contributed by atoms with van der Waals surface area (Å²) in [7, 11) is 1.56. The quantitative estimate of drug-likeness (QED) is 0.863. The molecular formula is C14H18BrClN2O2. The van der Waals surface area contributed by atoms with Gasteiger partial charge in [-0.15, -0.1) is 0 Å². The highest BCUT2D eigenvalue weighted by Crippen LogP contribution is 2.38. The van der Waals surface area contributed by atoms with E-state index in [1.54, 1.807) is 19.2 Å². The van der Waals surface area contributed by atoms with Crippen molar-refractivity contribution in [3.8, 4) is 5.75 Å². The number of carbonyl (C=O) groups is 1. The molecule has 0 radical (unpaired) electrons. The minimum absolute atomic E-state index is 0.00887. The topological polar surface area (TPSA) is 64.3 Å². The van der Waals surface area contributed by atoms with Gasteiger partial charge in [-0.1, -0.05) is 18.0 Å². The average molecular weight is 362 g/mol. The van der Waals surface area contributed by atoms with Crippen LogP contribution in [0, 0.1) is 11.8 Å². The van der Waals surface area contributed by atoms with E-state index in [4.69, 9.17) is 22.1 Å². The number of anilines is 1. The molecule has 110 valence electrons. The van der Waals surface area contributed by atoms with E-state index in [9.17, 15) is 4.79 Å². The number of ether oxygens (including phenoxy) is 1. The summed E-state index contributed by atoms with van der Waals surface area (Å²) in [5.74, 6) is 0.807. The van der Waals surface area contributed by atoms with Gasteiger partial charge in [-0.05, 0) is 53.4 Å². The summed E-state index contributed by atoms with van der Waals surface area (Å²) in [4.78, 5) is 12.4. The fourth-order valence-corrected chi connectivity index (χ4v) is 3.72. The zero-order valence-corrected chi connectivity index (χ0v) is 13.6. The van der Waals surface area contributed by atoms with Gasteiger partial charge in [0.05, 0.1) is 17.3 Å². The second kappa shape index (κ2) is 6.78. The van der Waals surface area contributed by atoms with Crippen LogP contribution < -0.4 is 15.8 Å². The Hall–Kier alpha value is -0.780. The van der Waals surface area contributed by atoms with Crippen LogP contribution >= 0.6 is 27.5 Å². The molecule has 2 unspecified atom stereocenters. The van der Waals surface area contributed by atoms with Crippen molar-refractivity contribution in [3.63, 3.8) is 0 Å². The lowest BCUT2D eigenvalue weighted by Gasteiger charge is -2.19. The summed E-state index contributed by atoms with van der Waals surface area (Å²) in [6.45, 7) is 0.550. The Morgan fingerprint density at radius 3 is 2.95 bits per heavy atom. The molecule has 6 heteroatoms. The SMILES string of the molecule is COc1c(Br)cc(Cl)cc1NC(=O)C1CCCC1CN. The van der Waals surface area contributed by atoms with Gasteiger partial charge < -0.3 is 15.8 Å². The Balaban J connectivity index is 2.19. The largest absolute Gasteiger partial charge is 0.493 e. The Morgan fingerprint density at radius 2 is 2.30 bits per heavy atom. The number of nitrogens with one attached hydrogen (secondary N) is 1. The number of carbonyl (C=O) groups excluding carboxylic acids is 1. The van der Waals surface area contributed by atoms with E-state index in [0.717, 1.165) is 19.3 Å². The first kappa shape index (κ1) is 15.6.